The Kier molecular flexibility index (Phi) is 9.79. The molecule has 0 amide bonds. The van der Waals surface area contributed by atoms with Gasteiger partial charge in [-0.25, -0.2) is 0 Å². The van der Waals surface area contributed by atoms with Crippen LogP contribution in [0.3, 0.4) is 0 Å². The molecule has 3 nitrogen and oxygen atoms in total. The molecular weight excluding hydrogens is 214 g/mol. The Morgan fingerprint density at radius 1 is 1.06 bits per heavy atom. The van der Waals surface area contributed by atoms with E-state index in [1.165, 1.54) is 12.8 Å². The van der Waals surface area contributed by atoms with Crippen molar-refractivity contribution in [3.05, 3.63) is 0 Å². The highest BCUT2D eigenvalue weighted by molar-refractivity contribution is 4.59. The van der Waals surface area contributed by atoms with E-state index in [0.717, 1.165) is 19.6 Å². The highest BCUT2D eigenvalue weighted by atomic mass is 16.5. The van der Waals surface area contributed by atoms with Crippen molar-refractivity contribution < 1.29 is 9.47 Å². The van der Waals surface area contributed by atoms with Crippen LogP contribution >= 0.6 is 0 Å². The molecule has 0 spiro atoms. The monoisotopic (exact) mass is 245 g/mol. The first-order valence-electron chi connectivity index (χ1n) is 6.91. The van der Waals surface area contributed by atoms with Gasteiger partial charge in [-0.15, -0.1) is 0 Å². The first-order chi connectivity index (χ1) is 7.95. The van der Waals surface area contributed by atoms with Gasteiger partial charge in [0.2, 0.25) is 0 Å². The predicted molar refractivity (Wildman–Crippen MR) is 73.5 cm³/mol. The summed E-state index contributed by atoms with van der Waals surface area (Å²) in [6.45, 7) is 13.9. The molecule has 0 saturated carbocycles. The van der Waals surface area contributed by atoms with Crippen LogP contribution in [0.1, 0.15) is 53.9 Å². The maximum atomic E-state index is 5.57. The molecule has 1 atom stereocenters. The van der Waals surface area contributed by atoms with Crippen molar-refractivity contribution >= 4 is 0 Å². The molecule has 0 aromatic heterocycles. The number of rotatable bonds is 10. The van der Waals surface area contributed by atoms with Gasteiger partial charge in [-0.1, -0.05) is 6.92 Å². The third-order valence-corrected chi connectivity index (χ3v) is 2.49. The van der Waals surface area contributed by atoms with Crippen LogP contribution in [-0.2, 0) is 9.47 Å². The SMILES string of the molecule is CCNC(C)CCCCOCCOC(C)(C)C. The molecule has 0 aliphatic carbocycles. The summed E-state index contributed by atoms with van der Waals surface area (Å²) in [5.74, 6) is 0. The Labute approximate surface area is 107 Å². The van der Waals surface area contributed by atoms with Gasteiger partial charge in [0, 0.05) is 12.6 Å². The average Bonchev–Trinajstić information content (AvgIpc) is 2.21. The molecule has 0 aliphatic heterocycles. The number of hydrogen-bond donors (Lipinski definition) is 1. The van der Waals surface area contributed by atoms with E-state index in [-0.39, 0.29) is 5.60 Å². The van der Waals surface area contributed by atoms with Gasteiger partial charge in [0.1, 0.15) is 0 Å². The van der Waals surface area contributed by atoms with Crippen LogP contribution in [0, 0.1) is 0 Å². The summed E-state index contributed by atoms with van der Waals surface area (Å²) in [5.41, 5.74) is -0.0510. The van der Waals surface area contributed by atoms with Gasteiger partial charge in [0.05, 0.1) is 18.8 Å². The predicted octanol–water partition coefficient (Wildman–Crippen LogP) is 2.99. The summed E-state index contributed by atoms with van der Waals surface area (Å²) in [5, 5.41) is 3.41. The molecule has 0 bridgehead atoms. The van der Waals surface area contributed by atoms with Crippen LogP contribution in [0.4, 0.5) is 0 Å². The lowest BCUT2D eigenvalue weighted by Crippen LogP contribution is -2.25. The summed E-state index contributed by atoms with van der Waals surface area (Å²) in [6, 6.07) is 0.629. The zero-order chi connectivity index (χ0) is 13.1. The molecule has 0 heterocycles. The number of hydrogen-bond acceptors (Lipinski definition) is 3. The Morgan fingerprint density at radius 3 is 2.35 bits per heavy atom. The molecule has 0 aliphatic rings. The Hall–Kier alpha value is -0.120. The standard InChI is InChI=1S/C14H31NO2/c1-6-15-13(2)9-7-8-10-16-11-12-17-14(3,4)5/h13,15H,6-12H2,1-5H3. The van der Waals surface area contributed by atoms with Crippen molar-refractivity contribution in [3.63, 3.8) is 0 Å². The maximum absolute atomic E-state index is 5.57. The number of nitrogens with one attached hydrogen (secondary N) is 1. The maximum Gasteiger partial charge on any atom is 0.0707 e. The van der Waals surface area contributed by atoms with Crippen LogP contribution in [0.5, 0.6) is 0 Å². The number of ether oxygens (including phenoxy) is 2. The van der Waals surface area contributed by atoms with E-state index in [1.54, 1.807) is 0 Å². The Bertz CT molecular complexity index is 166. The van der Waals surface area contributed by atoms with Crippen LogP contribution in [-0.4, -0.2) is 38.0 Å². The zero-order valence-corrected chi connectivity index (χ0v) is 12.3. The van der Waals surface area contributed by atoms with Crippen molar-refractivity contribution in [3.8, 4) is 0 Å². The molecule has 0 rings (SSSR count). The summed E-state index contributed by atoms with van der Waals surface area (Å²) >= 11 is 0. The summed E-state index contributed by atoms with van der Waals surface area (Å²) in [6.07, 6.45) is 3.61. The fraction of sp³-hybridized carbons (Fsp3) is 1.00. The van der Waals surface area contributed by atoms with E-state index in [0.29, 0.717) is 19.3 Å². The molecule has 3 heteroatoms. The first-order valence-corrected chi connectivity index (χ1v) is 6.91. The van der Waals surface area contributed by atoms with Crippen molar-refractivity contribution in [1.29, 1.82) is 0 Å². The minimum absolute atomic E-state index is 0.0510. The lowest BCUT2D eigenvalue weighted by atomic mass is 10.1. The van der Waals surface area contributed by atoms with Gasteiger partial charge in [-0.3, -0.25) is 0 Å². The van der Waals surface area contributed by atoms with Crippen molar-refractivity contribution in [1.82, 2.24) is 5.32 Å². The summed E-state index contributed by atoms with van der Waals surface area (Å²) in [7, 11) is 0. The van der Waals surface area contributed by atoms with Crippen LogP contribution in [0.15, 0.2) is 0 Å². The van der Waals surface area contributed by atoms with Gasteiger partial charge in [0.25, 0.3) is 0 Å². The van der Waals surface area contributed by atoms with Crippen LogP contribution in [0.2, 0.25) is 0 Å². The molecule has 0 aromatic carbocycles. The largest absolute Gasteiger partial charge is 0.379 e. The Balaban J connectivity index is 3.14. The third kappa shape index (κ3) is 13.8. The van der Waals surface area contributed by atoms with E-state index in [1.807, 2.05) is 0 Å². The van der Waals surface area contributed by atoms with Crippen molar-refractivity contribution in [2.24, 2.45) is 0 Å². The second kappa shape index (κ2) is 9.86. The molecule has 17 heavy (non-hydrogen) atoms. The topological polar surface area (TPSA) is 30.5 Å². The lowest BCUT2D eigenvalue weighted by molar-refractivity contribution is -0.0352. The molecule has 1 N–H and O–H groups in total. The summed E-state index contributed by atoms with van der Waals surface area (Å²) < 4.78 is 11.1. The fourth-order valence-electron chi connectivity index (χ4n) is 1.61. The highest BCUT2D eigenvalue weighted by Crippen LogP contribution is 2.06. The van der Waals surface area contributed by atoms with Gasteiger partial charge >= 0.3 is 0 Å². The molecular formula is C14H31NO2. The van der Waals surface area contributed by atoms with E-state index in [4.69, 9.17) is 9.47 Å². The van der Waals surface area contributed by atoms with Crippen molar-refractivity contribution in [2.45, 2.75) is 65.5 Å². The summed E-state index contributed by atoms with van der Waals surface area (Å²) in [4.78, 5) is 0. The van der Waals surface area contributed by atoms with Gasteiger partial charge in [0.15, 0.2) is 0 Å². The smallest absolute Gasteiger partial charge is 0.0707 e. The minimum atomic E-state index is -0.0510. The zero-order valence-electron chi connectivity index (χ0n) is 12.3. The van der Waals surface area contributed by atoms with E-state index in [9.17, 15) is 0 Å². The van der Waals surface area contributed by atoms with E-state index in [2.05, 4.69) is 39.9 Å². The van der Waals surface area contributed by atoms with E-state index < -0.39 is 0 Å². The van der Waals surface area contributed by atoms with E-state index >= 15 is 0 Å². The molecule has 104 valence electrons. The quantitative estimate of drug-likeness (QED) is 0.600. The fourth-order valence-corrected chi connectivity index (χ4v) is 1.61. The van der Waals surface area contributed by atoms with Gasteiger partial charge < -0.3 is 14.8 Å². The third-order valence-electron chi connectivity index (χ3n) is 2.49. The highest BCUT2D eigenvalue weighted by Gasteiger charge is 2.08. The molecule has 0 aromatic rings. The average molecular weight is 245 g/mol. The number of unbranched alkanes of at least 4 members (excludes halogenated alkanes) is 1. The van der Waals surface area contributed by atoms with Gasteiger partial charge in [-0.2, -0.15) is 0 Å². The molecule has 1 unspecified atom stereocenters. The van der Waals surface area contributed by atoms with Gasteiger partial charge in [-0.05, 0) is 53.5 Å². The normalized spacial score (nSPS) is 13.9. The minimum Gasteiger partial charge on any atom is -0.379 e. The second-order valence-electron chi connectivity index (χ2n) is 5.53. The molecule has 0 fully saturated rings. The molecule has 0 radical (unpaired) electrons. The lowest BCUT2D eigenvalue weighted by Gasteiger charge is -2.19. The van der Waals surface area contributed by atoms with Crippen LogP contribution < -0.4 is 5.32 Å². The molecule has 0 saturated heterocycles. The first kappa shape index (κ1) is 16.9. The second-order valence-corrected chi connectivity index (χ2v) is 5.53. The van der Waals surface area contributed by atoms with Crippen molar-refractivity contribution in [2.75, 3.05) is 26.4 Å². The van der Waals surface area contributed by atoms with Crippen LogP contribution in [0.25, 0.3) is 0 Å². The Morgan fingerprint density at radius 2 is 1.76 bits per heavy atom.